The molecule has 2 atom stereocenters. The largest absolute Gasteiger partial charge is 0.383 e. The topological polar surface area (TPSA) is 49.3 Å². The number of benzene rings is 1. The highest BCUT2D eigenvalue weighted by atomic mass is 32.1. The van der Waals surface area contributed by atoms with E-state index in [1.165, 1.54) is 0 Å². The summed E-state index contributed by atoms with van der Waals surface area (Å²) >= 11 is 1.54. The minimum atomic E-state index is -0.623. The molecule has 0 radical (unpaired) electrons. The Morgan fingerprint density at radius 3 is 2.75 bits per heavy atom. The monoisotopic (exact) mass is 287 g/mol. The number of anilines is 1. The first-order chi connectivity index (χ1) is 9.50. The molecule has 4 heteroatoms. The fourth-order valence-corrected chi connectivity index (χ4v) is 3.46. The molecule has 2 unspecified atom stereocenters. The van der Waals surface area contributed by atoms with Gasteiger partial charge < -0.3 is 10.4 Å². The summed E-state index contributed by atoms with van der Waals surface area (Å²) in [6, 6.07) is 5.85. The molecule has 1 aliphatic heterocycles. The van der Waals surface area contributed by atoms with E-state index in [9.17, 15) is 9.90 Å². The Morgan fingerprint density at radius 1 is 1.35 bits per heavy atom. The number of aliphatic hydroxyl groups is 1. The second-order valence-corrected chi connectivity index (χ2v) is 6.29. The average Bonchev–Trinajstić information content (AvgIpc) is 3.04. The van der Waals surface area contributed by atoms with Gasteiger partial charge in [0.05, 0.1) is 5.92 Å². The smallest absolute Gasteiger partial charge is 0.231 e. The molecule has 0 saturated carbocycles. The SMILES string of the molecule is Cc1c(C(O)c2cccs2)cc2c(c1C)NC(=O)C2C. The van der Waals surface area contributed by atoms with Gasteiger partial charge in [-0.1, -0.05) is 6.07 Å². The van der Waals surface area contributed by atoms with Gasteiger partial charge in [0.1, 0.15) is 6.10 Å². The summed E-state index contributed by atoms with van der Waals surface area (Å²) in [5.41, 5.74) is 4.89. The number of carbonyl (C=O) groups is 1. The van der Waals surface area contributed by atoms with Crippen LogP contribution in [0.1, 0.15) is 46.1 Å². The van der Waals surface area contributed by atoms with Gasteiger partial charge in [0.25, 0.3) is 0 Å². The molecule has 0 aliphatic carbocycles. The van der Waals surface area contributed by atoms with Gasteiger partial charge in [0, 0.05) is 10.6 Å². The molecular formula is C16H17NO2S. The Bertz CT molecular complexity index is 676. The molecule has 0 spiro atoms. The quantitative estimate of drug-likeness (QED) is 0.888. The van der Waals surface area contributed by atoms with Gasteiger partial charge in [-0.05, 0) is 60.5 Å². The second kappa shape index (κ2) is 4.72. The molecule has 2 aromatic rings. The molecule has 1 amide bonds. The zero-order valence-electron chi connectivity index (χ0n) is 11.7. The first kappa shape index (κ1) is 13.3. The van der Waals surface area contributed by atoms with Crippen LogP contribution in [0.15, 0.2) is 23.6 Å². The van der Waals surface area contributed by atoms with Crippen molar-refractivity contribution in [2.75, 3.05) is 5.32 Å². The maximum absolute atomic E-state index is 11.8. The van der Waals surface area contributed by atoms with Crippen LogP contribution in [-0.4, -0.2) is 11.0 Å². The van der Waals surface area contributed by atoms with Crippen LogP contribution in [0.4, 0.5) is 5.69 Å². The van der Waals surface area contributed by atoms with E-state index in [-0.39, 0.29) is 11.8 Å². The average molecular weight is 287 g/mol. The van der Waals surface area contributed by atoms with Crippen LogP contribution < -0.4 is 5.32 Å². The molecule has 1 aromatic carbocycles. The molecule has 0 saturated heterocycles. The molecule has 2 heterocycles. The Kier molecular flexibility index (Phi) is 3.15. The van der Waals surface area contributed by atoms with Crippen molar-refractivity contribution in [3.63, 3.8) is 0 Å². The molecule has 3 nitrogen and oxygen atoms in total. The highest BCUT2D eigenvalue weighted by Crippen LogP contribution is 2.40. The first-order valence-corrected chi connectivity index (χ1v) is 7.55. The van der Waals surface area contributed by atoms with E-state index in [0.717, 1.165) is 32.8 Å². The predicted molar refractivity (Wildman–Crippen MR) is 81.3 cm³/mol. The van der Waals surface area contributed by atoms with E-state index in [1.54, 1.807) is 11.3 Å². The molecule has 104 valence electrons. The Labute approximate surface area is 122 Å². The van der Waals surface area contributed by atoms with Gasteiger partial charge >= 0.3 is 0 Å². The lowest BCUT2D eigenvalue weighted by Crippen LogP contribution is -2.08. The zero-order valence-corrected chi connectivity index (χ0v) is 12.5. The van der Waals surface area contributed by atoms with E-state index in [2.05, 4.69) is 5.32 Å². The fraction of sp³-hybridized carbons (Fsp3) is 0.312. The number of amides is 1. The van der Waals surface area contributed by atoms with E-state index < -0.39 is 6.10 Å². The Hall–Kier alpha value is -1.65. The summed E-state index contributed by atoms with van der Waals surface area (Å²) in [6.07, 6.45) is -0.623. The zero-order chi connectivity index (χ0) is 14.4. The van der Waals surface area contributed by atoms with Crippen molar-refractivity contribution in [2.45, 2.75) is 32.8 Å². The number of hydrogen-bond donors (Lipinski definition) is 2. The molecule has 0 fully saturated rings. The number of carbonyl (C=O) groups excluding carboxylic acids is 1. The van der Waals surface area contributed by atoms with Crippen LogP contribution in [0.25, 0.3) is 0 Å². The summed E-state index contributed by atoms with van der Waals surface area (Å²) in [4.78, 5) is 12.8. The molecule has 3 rings (SSSR count). The van der Waals surface area contributed by atoms with Crippen molar-refractivity contribution in [2.24, 2.45) is 0 Å². The summed E-state index contributed by atoms with van der Waals surface area (Å²) in [5, 5.41) is 15.5. The fourth-order valence-electron chi connectivity index (χ4n) is 2.73. The Balaban J connectivity index is 2.14. The van der Waals surface area contributed by atoms with E-state index >= 15 is 0 Å². The third kappa shape index (κ3) is 1.87. The highest BCUT2D eigenvalue weighted by molar-refractivity contribution is 7.10. The third-order valence-corrected chi connectivity index (χ3v) is 5.11. The van der Waals surface area contributed by atoms with Crippen molar-refractivity contribution < 1.29 is 9.90 Å². The number of rotatable bonds is 2. The normalized spacial score (nSPS) is 18.8. The van der Waals surface area contributed by atoms with Crippen LogP contribution in [0, 0.1) is 13.8 Å². The highest BCUT2D eigenvalue weighted by Gasteiger charge is 2.30. The van der Waals surface area contributed by atoms with Crippen molar-refractivity contribution in [1.29, 1.82) is 0 Å². The maximum atomic E-state index is 11.8. The van der Waals surface area contributed by atoms with Gasteiger partial charge in [0.15, 0.2) is 0 Å². The van der Waals surface area contributed by atoms with E-state index in [1.807, 2.05) is 44.4 Å². The summed E-state index contributed by atoms with van der Waals surface area (Å²) < 4.78 is 0. The van der Waals surface area contributed by atoms with Crippen molar-refractivity contribution >= 4 is 22.9 Å². The van der Waals surface area contributed by atoms with Crippen molar-refractivity contribution in [3.8, 4) is 0 Å². The molecule has 1 aromatic heterocycles. The number of nitrogens with one attached hydrogen (secondary N) is 1. The van der Waals surface area contributed by atoms with Gasteiger partial charge in [0.2, 0.25) is 5.91 Å². The molecule has 0 bridgehead atoms. The number of aliphatic hydroxyl groups excluding tert-OH is 1. The molecular weight excluding hydrogens is 270 g/mol. The van der Waals surface area contributed by atoms with Crippen molar-refractivity contribution in [3.05, 3.63) is 50.7 Å². The lowest BCUT2D eigenvalue weighted by molar-refractivity contribution is -0.116. The predicted octanol–water partition coefficient (Wildman–Crippen LogP) is 3.50. The number of thiophene rings is 1. The van der Waals surface area contributed by atoms with Crippen LogP contribution >= 0.6 is 11.3 Å². The second-order valence-electron chi connectivity index (χ2n) is 5.31. The Morgan fingerprint density at radius 2 is 2.10 bits per heavy atom. The number of fused-ring (bicyclic) bond motifs is 1. The summed E-state index contributed by atoms with van der Waals surface area (Å²) in [7, 11) is 0. The van der Waals surface area contributed by atoms with Gasteiger partial charge in [-0.15, -0.1) is 11.3 Å². The lowest BCUT2D eigenvalue weighted by Gasteiger charge is -2.18. The van der Waals surface area contributed by atoms with Crippen molar-refractivity contribution in [1.82, 2.24) is 0 Å². The standard InChI is InChI=1S/C16H17NO2S/c1-8-9(2)14-11(10(3)16(19)17-14)7-12(8)15(18)13-5-4-6-20-13/h4-7,10,15,18H,1-3H3,(H,17,19). The third-order valence-electron chi connectivity index (χ3n) is 4.19. The van der Waals surface area contributed by atoms with Crippen LogP contribution in [-0.2, 0) is 4.79 Å². The number of hydrogen-bond acceptors (Lipinski definition) is 3. The van der Waals surface area contributed by atoms with Gasteiger partial charge in [-0.2, -0.15) is 0 Å². The summed E-state index contributed by atoms with van der Waals surface area (Å²) in [5.74, 6) is -0.121. The lowest BCUT2D eigenvalue weighted by atomic mass is 9.91. The van der Waals surface area contributed by atoms with Gasteiger partial charge in [-0.25, -0.2) is 0 Å². The molecule has 20 heavy (non-hydrogen) atoms. The van der Waals surface area contributed by atoms with Crippen LogP contribution in [0.2, 0.25) is 0 Å². The van der Waals surface area contributed by atoms with E-state index in [0.29, 0.717) is 0 Å². The van der Waals surface area contributed by atoms with Crippen LogP contribution in [0.3, 0.4) is 0 Å². The minimum Gasteiger partial charge on any atom is -0.383 e. The van der Waals surface area contributed by atoms with Gasteiger partial charge in [-0.3, -0.25) is 4.79 Å². The molecule has 2 N–H and O–H groups in total. The minimum absolute atomic E-state index is 0.0327. The van der Waals surface area contributed by atoms with Crippen LogP contribution in [0.5, 0.6) is 0 Å². The summed E-state index contributed by atoms with van der Waals surface area (Å²) in [6.45, 7) is 5.89. The maximum Gasteiger partial charge on any atom is 0.231 e. The first-order valence-electron chi connectivity index (χ1n) is 6.67. The van der Waals surface area contributed by atoms with E-state index in [4.69, 9.17) is 0 Å². The molecule has 1 aliphatic rings.